The molecule has 0 spiro atoms. The smallest absolute Gasteiger partial charge is 0.115 e. The molecule has 0 atom stereocenters. The number of phenols is 1. The molecule has 0 aromatic heterocycles. The Kier molecular flexibility index (Phi) is 1.20. The molecule has 0 saturated carbocycles. The number of benzene rings is 1. The van der Waals surface area contributed by atoms with Gasteiger partial charge in [-0.2, -0.15) is 0 Å². The third-order valence-electron chi connectivity index (χ3n) is 1.00. The van der Waals surface area contributed by atoms with Gasteiger partial charge in [0, 0.05) is 0 Å². The number of hydrogen-bond acceptors (Lipinski definition) is 1. The summed E-state index contributed by atoms with van der Waals surface area (Å²) in [6.45, 7) is 1.94. The van der Waals surface area contributed by atoms with Crippen molar-refractivity contribution >= 4 is 0 Å². The van der Waals surface area contributed by atoms with E-state index in [9.17, 15) is 0 Å². The van der Waals surface area contributed by atoms with Crippen LogP contribution < -0.4 is 0 Å². The molecule has 0 fully saturated rings. The second kappa shape index (κ2) is 1.86. The van der Waals surface area contributed by atoms with Crippen molar-refractivity contribution in [3.8, 4) is 5.75 Å². The first-order valence-electron chi connectivity index (χ1n) is 2.54. The van der Waals surface area contributed by atoms with Crippen LogP contribution in [0.5, 0.6) is 5.75 Å². The van der Waals surface area contributed by atoms with E-state index in [1.165, 1.54) is 0 Å². The maximum atomic E-state index is 8.81. The fraction of sp³-hybridized carbons (Fsp3) is 0.143. The maximum absolute atomic E-state index is 8.81. The van der Waals surface area contributed by atoms with Crippen molar-refractivity contribution in [2.75, 3.05) is 0 Å². The molecule has 42 valence electrons. The van der Waals surface area contributed by atoms with Crippen LogP contribution in [-0.4, -0.2) is 5.11 Å². The molecule has 1 aromatic rings. The zero-order valence-electron chi connectivity index (χ0n) is 4.76. The minimum atomic E-state index is 0.338. The van der Waals surface area contributed by atoms with Crippen molar-refractivity contribution < 1.29 is 5.11 Å². The Balaban J connectivity index is 3.08. The van der Waals surface area contributed by atoms with E-state index < -0.39 is 0 Å². The first-order chi connectivity index (χ1) is 3.79. The van der Waals surface area contributed by atoms with Gasteiger partial charge in [0.05, 0.1) is 0 Å². The predicted octanol–water partition coefficient (Wildman–Crippen LogP) is 1.70. The van der Waals surface area contributed by atoms with Crippen LogP contribution in [0.4, 0.5) is 0 Å². The Bertz CT molecular complexity index is 164. The summed E-state index contributed by atoms with van der Waals surface area (Å²) in [7, 11) is 0. The van der Waals surface area contributed by atoms with Gasteiger partial charge >= 0.3 is 0 Å². The van der Waals surface area contributed by atoms with Gasteiger partial charge in [-0.15, -0.1) is 0 Å². The molecule has 0 aliphatic rings. The molecule has 0 unspecified atom stereocenters. The van der Waals surface area contributed by atoms with Crippen LogP contribution in [0.25, 0.3) is 0 Å². The maximum Gasteiger partial charge on any atom is 0.115 e. The number of hydrogen-bond donors (Lipinski definition) is 1. The standard InChI is InChI=1S/C7H8O/c1-6-3-2-4-7(8)5-6/h2-5,8H,1H3/i1+2. The van der Waals surface area contributed by atoms with E-state index in [4.69, 9.17) is 5.11 Å². The SMILES string of the molecule is [14CH3]c1cccc(O)c1. The van der Waals surface area contributed by atoms with E-state index in [1.807, 2.05) is 19.1 Å². The van der Waals surface area contributed by atoms with Gasteiger partial charge in [0.2, 0.25) is 0 Å². The van der Waals surface area contributed by atoms with Gasteiger partial charge in [-0.3, -0.25) is 0 Å². The summed E-state index contributed by atoms with van der Waals surface area (Å²) in [4.78, 5) is 0. The largest absolute Gasteiger partial charge is 0.508 e. The Morgan fingerprint density at radius 3 is 2.50 bits per heavy atom. The lowest BCUT2D eigenvalue weighted by atomic mass is 10.3. The molecule has 1 N–H and O–H groups in total. The number of rotatable bonds is 0. The Hall–Kier alpha value is -0.980. The Morgan fingerprint density at radius 1 is 1.38 bits per heavy atom. The molecule has 1 aromatic carbocycles. The lowest BCUT2D eigenvalue weighted by Gasteiger charge is -1.89. The van der Waals surface area contributed by atoms with Crippen LogP contribution in [0, 0.1) is 6.92 Å². The highest BCUT2D eigenvalue weighted by atomic mass is 16.3. The topological polar surface area (TPSA) is 20.2 Å². The molecule has 0 saturated heterocycles. The highest BCUT2D eigenvalue weighted by molar-refractivity contribution is 5.25. The second-order valence-electron chi connectivity index (χ2n) is 1.84. The summed E-state index contributed by atoms with van der Waals surface area (Å²) in [5.41, 5.74) is 1.09. The summed E-state index contributed by atoms with van der Waals surface area (Å²) in [6, 6.07) is 7.15. The Morgan fingerprint density at radius 2 is 2.12 bits per heavy atom. The monoisotopic (exact) mass is 110 g/mol. The summed E-state index contributed by atoms with van der Waals surface area (Å²) in [5.74, 6) is 0.338. The van der Waals surface area contributed by atoms with Crippen LogP contribution in [-0.2, 0) is 0 Å². The summed E-state index contributed by atoms with van der Waals surface area (Å²) < 4.78 is 0. The molecule has 1 nitrogen and oxygen atoms in total. The highest BCUT2D eigenvalue weighted by Crippen LogP contribution is 2.08. The minimum Gasteiger partial charge on any atom is -0.508 e. The lowest BCUT2D eigenvalue weighted by molar-refractivity contribution is 0.475. The molecule has 8 heavy (non-hydrogen) atoms. The summed E-state index contributed by atoms with van der Waals surface area (Å²) in [5, 5.41) is 8.81. The van der Waals surface area contributed by atoms with Gasteiger partial charge in [0.15, 0.2) is 0 Å². The zero-order chi connectivity index (χ0) is 5.98. The molecule has 1 rings (SSSR count). The molecule has 0 aliphatic heterocycles. The molecule has 0 amide bonds. The highest BCUT2D eigenvalue weighted by Gasteiger charge is 1.83. The minimum absolute atomic E-state index is 0.338. The van der Waals surface area contributed by atoms with Crippen molar-refractivity contribution in [1.29, 1.82) is 0 Å². The Labute approximate surface area is 48.6 Å². The predicted molar refractivity (Wildman–Crippen MR) is 32.8 cm³/mol. The quantitative estimate of drug-likeness (QED) is 0.539. The van der Waals surface area contributed by atoms with Gasteiger partial charge in [0.1, 0.15) is 5.75 Å². The second-order valence-corrected chi connectivity index (χ2v) is 1.84. The molecular formula is C7H8O. The number of aromatic hydroxyl groups is 1. The molecule has 0 bridgehead atoms. The average Bonchev–Trinajstić information content (AvgIpc) is 1.64. The first-order valence-corrected chi connectivity index (χ1v) is 2.54. The van der Waals surface area contributed by atoms with Crippen LogP contribution in [0.1, 0.15) is 5.56 Å². The van der Waals surface area contributed by atoms with Gasteiger partial charge in [-0.25, -0.2) is 0 Å². The van der Waals surface area contributed by atoms with Crippen molar-refractivity contribution in [2.24, 2.45) is 0 Å². The van der Waals surface area contributed by atoms with Gasteiger partial charge in [-0.1, -0.05) is 12.1 Å². The number of phenolic OH excluding ortho intramolecular Hbond substituents is 1. The molecule has 0 radical (unpaired) electrons. The average molecular weight is 110 g/mol. The normalized spacial score (nSPS) is 9.12. The summed E-state index contributed by atoms with van der Waals surface area (Å²) >= 11 is 0. The third kappa shape index (κ3) is 0.997. The van der Waals surface area contributed by atoms with Crippen LogP contribution >= 0.6 is 0 Å². The van der Waals surface area contributed by atoms with Crippen molar-refractivity contribution in [3.63, 3.8) is 0 Å². The van der Waals surface area contributed by atoms with E-state index in [-0.39, 0.29) is 0 Å². The van der Waals surface area contributed by atoms with Crippen LogP contribution in [0.15, 0.2) is 24.3 Å². The van der Waals surface area contributed by atoms with Gasteiger partial charge in [-0.05, 0) is 24.6 Å². The fourth-order valence-corrected chi connectivity index (χ4v) is 0.628. The molecule has 0 aliphatic carbocycles. The fourth-order valence-electron chi connectivity index (χ4n) is 0.628. The third-order valence-corrected chi connectivity index (χ3v) is 1.00. The van der Waals surface area contributed by atoms with E-state index in [1.54, 1.807) is 12.1 Å². The van der Waals surface area contributed by atoms with Gasteiger partial charge in [0.25, 0.3) is 0 Å². The molecule has 0 heterocycles. The van der Waals surface area contributed by atoms with Crippen LogP contribution in [0.2, 0.25) is 0 Å². The van der Waals surface area contributed by atoms with Crippen molar-refractivity contribution in [2.45, 2.75) is 6.92 Å². The van der Waals surface area contributed by atoms with E-state index >= 15 is 0 Å². The zero-order valence-corrected chi connectivity index (χ0v) is 4.76. The van der Waals surface area contributed by atoms with Crippen LogP contribution in [0.3, 0.4) is 0 Å². The first kappa shape index (κ1) is 5.16. The lowest BCUT2D eigenvalue weighted by Crippen LogP contribution is -1.66. The molecule has 1 heteroatoms. The molecular weight excluding hydrogens is 102 g/mol. The van der Waals surface area contributed by atoms with Gasteiger partial charge < -0.3 is 5.11 Å². The van der Waals surface area contributed by atoms with Crippen molar-refractivity contribution in [1.82, 2.24) is 0 Å². The number of aryl methyl sites for hydroxylation is 1. The van der Waals surface area contributed by atoms with E-state index in [2.05, 4.69) is 0 Å². The van der Waals surface area contributed by atoms with E-state index in [0.29, 0.717) is 5.75 Å². The van der Waals surface area contributed by atoms with Crippen molar-refractivity contribution in [3.05, 3.63) is 29.8 Å². The summed E-state index contributed by atoms with van der Waals surface area (Å²) in [6.07, 6.45) is 0. The van der Waals surface area contributed by atoms with E-state index in [0.717, 1.165) is 5.56 Å².